The van der Waals surface area contributed by atoms with Crippen LogP contribution < -0.4 is 0 Å². The standard InChI is InChI=1S/C38H60N12P2/c1-3-19-35(20-4-1)37(39-41-43-51(45-23-7-8-24-45,46-25-9-10-26-46)47-27-11-12-28-47)38(36-21-5-2-6-22-36)40-42-44-52(48-29-13-14-30-48,49-31-15-16-32-49)50-33-17-18-34-50/h1-6,19-22,37-38H,7-18,23-34H2/t37-,38-/m0/s1. The molecule has 0 amide bonds. The van der Waals surface area contributed by atoms with Crippen molar-refractivity contribution in [2.24, 2.45) is 30.4 Å². The molecule has 6 aliphatic rings. The van der Waals surface area contributed by atoms with Gasteiger partial charge in [0.1, 0.15) is 12.1 Å². The molecule has 52 heavy (non-hydrogen) atoms. The molecule has 12 nitrogen and oxygen atoms in total. The minimum Gasteiger partial charge on any atom is -0.244 e. The third kappa shape index (κ3) is 7.57. The predicted octanol–water partition coefficient (Wildman–Crippen LogP) is 9.67. The Bertz CT molecular complexity index is 1370. The van der Waals surface area contributed by atoms with Gasteiger partial charge in [-0.15, -0.1) is 9.71 Å². The average molecular weight is 747 g/mol. The smallest absolute Gasteiger partial charge is 0.195 e. The summed E-state index contributed by atoms with van der Waals surface area (Å²) < 4.78 is 16.2. The van der Waals surface area contributed by atoms with Crippen LogP contribution in [0, 0.1) is 0 Å². The Balaban J connectivity index is 1.22. The van der Waals surface area contributed by atoms with Crippen LogP contribution in [-0.4, -0.2) is 107 Å². The fourth-order valence-corrected chi connectivity index (χ4v) is 17.5. The zero-order chi connectivity index (χ0) is 35.1. The van der Waals surface area contributed by atoms with E-state index in [1.54, 1.807) is 0 Å². The molecule has 0 radical (unpaired) electrons. The molecule has 0 saturated carbocycles. The second-order valence-electron chi connectivity index (χ2n) is 15.3. The zero-order valence-corrected chi connectivity index (χ0v) is 32.9. The Labute approximate surface area is 312 Å². The Kier molecular flexibility index (Phi) is 12.4. The van der Waals surface area contributed by atoms with Gasteiger partial charge in [0.05, 0.1) is 0 Å². The largest absolute Gasteiger partial charge is 0.244 e. The van der Waals surface area contributed by atoms with E-state index in [0.717, 1.165) is 89.7 Å². The molecule has 6 saturated heterocycles. The molecule has 14 heteroatoms. The molecule has 2 aromatic rings. The minimum atomic E-state index is -2.19. The highest BCUT2D eigenvalue weighted by atomic mass is 31.2. The van der Waals surface area contributed by atoms with Crippen molar-refractivity contribution in [3.63, 3.8) is 0 Å². The highest BCUT2D eigenvalue weighted by molar-refractivity contribution is 7.59. The second-order valence-corrected chi connectivity index (χ2v) is 21.2. The normalized spacial score (nSPS) is 25.0. The fraction of sp³-hybridized carbons (Fsp3) is 0.684. The Morgan fingerprint density at radius 1 is 0.346 bits per heavy atom. The van der Waals surface area contributed by atoms with E-state index in [-0.39, 0.29) is 12.1 Å². The molecule has 0 N–H and O–H groups in total. The van der Waals surface area contributed by atoms with E-state index in [9.17, 15) is 0 Å². The quantitative estimate of drug-likeness (QED) is 0.115. The lowest BCUT2D eigenvalue weighted by molar-refractivity contribution is 0.380. The first-order valence-electron chi connectivity index (χ1n) is 20.4. The van der Waals surface area contributed by atoms with Crippen LogP contribution in [0.2, 0.25) is 0 Å². The number of nitrogens with zero attached hydrogens (tertiary/aromatic N) is 12. The molecular weight excluding hydrogens is 686 g/mol. The summed E-state index contributed by atoms with van der Waals surface area (Å²) in [5.41, 5.74) is 2.14. The van der Waals surface area contributed by atoms with Gasteiger partial charge in [-0.25, -0.2) is 28.0 Å². The van der Waals surface area contributed by atoms with Crippen LogP contribution in [-0.2, 0) is 0 Å². The predicted molar refractivity (Wildman–Crippen MR) is 212 cm³/mol. The summed E-state index contributed by atoms with van der Waals surface area (Å²) in [4.78, 5) is 10.9. The van der Waals surface area contributed by atoms with Crippen LogP contribution in [0.15, 0.2) is 91.0 Å². The lowest BCUT2D eigenvalue weighted by atomic mass is 9.95. The van der Waals surface area contributed by atoms with Gasteiger partial charge in [-0.1, -0.05) is 60.7 Å². The fourth-order valence-electron chi connectivity index (χ4n) is 9.41. The second kappa shape index (κ2) is 17.5. The van der Waals surface area contributed by atoms with Crippen LogP contribution in [0.25, 0.3) is 0 Å². The zero-order valence-electron chi connectivity index (χ0n) is 31.2. The maximum absolute atomic E-state index is 5.46. The van der Waals surface area contributed by atoms with Crippen molar-refractivity contribution in [3.05, 3.63) is 71.8 Å². The highest BCUT2D eigenvalue weighted by Gasteiger charge is 2.45. The molecule has 2 aromatic carbocycles. The first kappa shape index (κ1) is 36.8. The molecule has 2 atom stereocenters. The van der Waals surface area contributed by atoms with Crippen LogP contribution in [0.1, 0.15) is 100 Å². The van der Waals surface area contributed by atoms with E-state index in [1.165, 1.54) is 77.0 Å². The molecule has 6 heterocycles. The van der Waals surface area contributed by atoms with Crippen molar-refractivity contribution in [1.82, 2.24) is 28.0 Å². The third-order valence-corrected chi connectivity index (χ3v) is 19.6. The van der Waals surface area contributed by atoms with E-state index in [1.807, 2.05) is 0 Å². The Morgan fingerprint density at radius 2 is 0.577 bits per heavy atom. The summed E-state index contributed by atoms with van der Waals surface area (Å²) in [5, 5.41) is 20.4. The van der Waals surface area contributed by atoms with E-state index >= 15 is 0 Å². The van der Waals surface area contributed by atoms with Crippen molar-refractivity contribution in [1.29, 1.82) is 0 Å². The summed E-state index contributed by atoms with van der Waals surface area (Å²) in [6.07, 6.45) is 14.8. The van der Waals surface area contributed by atoms with E-state index in [4.69, 9.17) is 30.4 Å². The summed E-state index contributed by atoms with van der Waals surface area (Å²) in [7, 11) is -4.38. The molecule has 282 valence electrons. The van der Waals surface area contributed by atoms with Gasteiger partial charge in [0, 0.05) is 78.5 Å². The SMILES string of the molecule is c1ccc([C@H](N=NN=P(N2CCCC2)(N2CCCC2)N2CCCC2)[C@@H](N=NN=P(N2CCCC2)(N2CCCC2)N2CCCC2)c2ccccc2)cc1. The maximum Gasteiger partial charge on any atom is 0.195 e. The third-order valence-electron chi connectivity index (χ3n) is 12.0. The van der Waals surface area contributed by atoms with Crippen LogP contribution in [0.5, 0.6) is 0 Å². The first-order valence-corrected chi connectivity index (χ1v) is 23.6. The average Bonchev–Trinajstić information content (AvgIpc) is 4.03. The van der Waals surface area contributed by atoms with Crippen molar-refractivity contribution in [2.75, 3.05) is 78.5 Å². The number of hydrogen-bond acceptors (Lipinski definition) is 2. The molecule has 0 bridgehead atoms. The van der Waals surface area contributed by atoms with Gasteiger partial charge in [0.2, 0.25) is 0 Å². The van der Waals surface area contributed by atoms with Crippen LogP contribution in [0.3, 0.4) is 0 Å². The maximum atomic E-state index is 5.46. The lowest BCUT2D eigenvalue weighted by Gasteiger charge is -2.44. The molecule has 0 aliphatic carbocycles. The molecule has 0 spiro atoms. The highest BCUT2D eigenvalue weighted by Crippen LogP contribution is 2.64. The van der Waals surface area contributed by atoms with E-state index in [0.29, 0.717) is 0 Å². The van der Waals surface area contributed by atoms with Crippen LogP contribution in [0.4, 0.5) is 0 Å². The van der Waals surface area contributed by atoms with Gasteiger partial charge < -0.3 is 0 Å². The number of hydrogen-bond donors (Lipinski definition) is 0. The van der Waals surface area contributed by atoms with Gasteiger partial charge in [-0.2, -0.15) is 10.2 Å². The van der Waals surface area contributed by atoms with Gasteiger partial charge in [0.25, 0.3) is 0 Å². The number of rotatable bonds is 13. The minimum absolute atomic E-state index is 0.387. The van der Waals surface area contributed by atoms with Gasteiger partial charge in [-0.3, -0.25) is 0 Å². The topological polar surface area (TPSA) is 93.6 Å². The van der Waals surface area contributed by atoms with Gasteiger partial charge in [0.15, 0.2) is 15.0 Å². The van der Waals surface area contributed by atoms with Crippen molar-refractivity contribution < 1.29 is 0 Å². The molecule has 0 aromatic heterocycles. The summed E-state index contributed by atoms with van der Waals surface area (Å²) in [6, 6.07) is 20.4. The van der Waals surface area contributed by atoms with E-state index < -0.39 is 15.0 Å². The summed E-state index contributed by atoms with van der Waals surface area (Å²) >= 11 is 0. The summed E-state index contributed by atoms with van der Waals surface area (Å²) in [5.74, 6) is 0. The molecule has 6 fully saturated rings. The first-order chi connectivity index (χ1) is 25.8. The molecule has 6 aliphatic heterocycles. The van der Waals surface area contributed by atoms with Crippen LogP contribution >= 0.6 is 15.0 Å². The molecular formula is C38H60N12P2. The van der Waals surface area contributed by atoms with E-state index in [2.05, 4.69) is 88.7 Å². The molecule has 8 rings (SSSR count). The van der Waals surface area contributed by atoms with Crippen molar-refractivity contribution in [2.45, 2.75) is 89.1 Å². The van der Waals surface area contributed by atoms with Gasteiger partial charge in [-0.05, 0) is 98.6 Å². The van der Waals surface area contributed by atoms with Gasteiger partial charge >= 0.3 is 0 Å². The lowest BCUT2D eigenvalue weighted by Crippen LogP contribution is -2.38. The van der Waals surface area contributed by atoms with Crippen molar-refractivity contribution in [3.8, 4) is 0 Å². The molecule has 0 unspecified atom stereocenters. The Morgan fingerprint density at radius 3 is 0.808 bits per heavy atom. The monoisotopic (exact) mass is 746 g/mol. The Hall–Kier alpha value is -2.14. The number of benzene rings is 2. The summed E-state index contributed by atoms with van der Waals surface area (Å²) in [6.45, 7) is 13.2. The van der Waals surface area contributed by atoms with Crippen molar-refractivity contribution >= 4 is 15.0 Å².